The van der Waals surface area contributed by atoms with Crippen LogP contribution in [0.3, 0.4) is 0 Å². The first-order valence-corrected chi connectivity index (χ1v) is 8.67. The van der Waals surface area contributed by atoms with E-state index in [9.17, 15) is 4.79 Å². The lowest BCUT2D eigenvalue weighted by atomic mass is 10.1. The molecule has 0 heterocycles. The molecule has 2 aromatic rings. The van der Waals surface area contributed by atoms with Gasteiger partial charge < -0.3 is 9.47 Å². The number of hydrogen-bond donors (Lipinski definition) is 1. The molecule has 0 aliphatic rings. The number of hydrazone groups is 1. The molecule has 140 valence electrons. The molecule has 0 fully saturated rings. The Bertz CT molecular complexity index is 819. The molecule has 2 rings (SSSR count). The number of benzene rings is 2. The molecule has 0 radical (unpaired) electrons. The third-order valence-corrected chi connectivity index (χ3v) is 3.56. The highest BCUT2D eigenvalue weighted by molar-refractivity contribution is 5.99. The van der Waals surface area contributed by atoms with Gasteiger partial charge in [-0.25, -0.2) is 5.43 Å². The van der Waals surface area contributed by atoms with E-state index in [2.05, 4.69) is 24.4 Å². The normalized spacial score (nSPS) is 11.0. The summed E-state index contributed by atoms with van der Waals surface area (Å²) in [5.41, 5.74) is 4.57. The molecule has 0 atom stereocenters. The second kappa shape index (κ2) is 9.97. The van der Waals surface area contributed by atoms with Crippen LogP contribution in [0.2, 0.25) is 0 Å². The van der Waals surface area contributed by atoms with Gasteiger partial charge in [0.2, 0.25) is 0 Å². The Morgan fingerprint density at radius 3 is 2.26 bits per heavy atom. The smallest absolute Gasteiger partial charge is 0.277 e. The first-order valence-electron chi connectivity index (χ1n) is 8.67. The van der Waals surface area contributed by atoms with Gasteiger partial charge in [-0.05, 0) is 66.9 Å². The average Bonchev–Trinajstić information content (AvgIpc) is 2.69. The van der Waals surface area contributed by atoms with E-state index in [0.29, 0.717) is 29.5 Å². The Balaban J connectivity index is 1.82. The summed E-state index contributed by atoms with van der Waals surface area (Å²) in [6.07, 6.45) is 0. The lowest BCUT2D eigenvalue weighted by molar-refractivity contribution is -0.123. The van der Waals surface area contributed by atoms with Gasteiger partial charge >= 0.3 is 0 Å². The van der Waals surface area contributed by atoms with E-state index in [1.807, 2.05) is 37.3 Å². The first-order chi connectivity index (χ1) is 13.0. The van der Waals surface area contributed by atoms with Crippen molar-refractivity contribution in [1.82, 2.24) is 5.43 Å². The Hall–Kier alpha value is -3.33. The van der Waals surface area contributed by atoms with Crippen molar-refractivity contribution in [3.8, 4) is 17.6 Å². The summed E-state index contributed by atoms with van der Waals surface area (Å²) in [6.45, 7) is 6.51. The van der Waals surface area contributed by atoms with Crippen LogP contribution in [0.1, 0.15) is 31.9 Å². The predicted octanol–water partition coefficient (Wildman–Crippen LogP) is 3.51. The molecule has 0 aliphatic carbocycles. The molecule has 27 heavy (non-hydrogen) atoms. The van der Waals surface area contributed by atoms with Crippen LogP contribution in [0.25, 0.3) is 0 Å². The van der Waals surface area contributed by atoms with Gasteiger partial charge in [0, 0.05) is 0 Å². The van der Waals surface area contributed by atoms with E-state index in [1.165, 1.54) is 0 Å². The van der Waals surface area contributed by atoms with Gasteiger partial charge in [-0.3, -0.25) is 4.79 Å². The van der Waals surface area contributed by atoms with Crippen LogP contribution in [-0.4, -0.2) is 24.8 Å². The number of rotatable bonds is 8. The predicted molar refractivity (Wildman–Crippen MR) is 104 cm³/mol. The van der Waals surface area contributed by atoms with Crippen molar-refractivity contribution in [1.29, 1.82) is 5.26 Å². The van der Waals surface area contributed by atoms with Crippen LogP contribution in [-0.2, 0) is 4.79 Å². The zero-order valence-electron chi connectivity index (χ0n) is 15.7. The first kappa shape index (κ1) is 20.0. The van der Waals surface area contributed by atoms with Crippen molar-refractivity contribution in [3.63, 3.8) is 0 Å². The van der Waals surface area contributed by atoms with Gasteiger partial charge in [-0.2, -0.15) is 10.4 Å². The number of carbonyl (C=O) groups is 1. The van der Waals surface area contributed by atoms with Crippen molar-refractivity contribution >= 4 is 11.6 Å². The third-order valence-electron chi connectivity index (χ3n) is 3.56. The minimum Gasteiger partial charge on any atom is -0.493 e. The van der Waals surface area contributed by atoms with E-state index < -0.39 is 0 Å². The van der Waals surface area contributed by atoms with E-state index >= 15 is 0 Å². The number of carbonyl (C=O) groups excluding carboxylic acids is 1. The highest BCUT2D eigenvalue weighted by atomic mass is 16.5. The lowest BCUT2D eigenvalue weighted by Gasteiger charge is -2.09. The van der Waals surface area contributed by atoms with Gasteiger partial charge in [0.15, 0.2) is 6.61 Å². The van der Waals surface area contributed by atoms with E-state index in [0.717, 1.165) is 11.3 Å². The molecular weight excluding hydrogens is 342 g/mol. The standard InChI is InChI=1S/C21H23N3O3/c1-15(2)13-26-20-10-6-18(7-11-20)16(3)23-24-21(25)14-27-19-8-4-17(12-22)5-9-19/h4-11,15H,13-14H2,1-3H3,(H,24,25)/b23-16-. The fourth-order valence-electron chi connectivity index (χ4n) is 2.07. The maximum absolute atomic E-state index is 11.9. The van der Waals surface area contributed by atoms with Crippen LogP contribution in [0, 0.1) is 17.2 Å². The van der Waals surface area contributed by atoms with Crippen LogP contribution in [0.4, 0.5) is 0 Å². The SMILES string of the molecule is C/C(=N/NC(=O)COc1ccc(C#N)cc1)c1ccc(OCC(C)C)cc1. The van der Waals surface area contributed by atoms with Crippen molar-refractivity contribution in [3.05, 3.63) is 59.7 Å². The molecule has 0 aliphatic heterocycles. The molecule has 0 spiro atoms. The molecule has 1 N–H and O–H groups in total. The van der Waals surface area contributed by atoms with Crippen molar-refractivity contribution in [2.24, 2.45) is 11.0 Å². The number of nitrogens with zero attached hydrogens (tertiary/aromatic N) is 2. The van der Waals surface area contributed by atoms with Crippen LogP contribution >= 0.6 is 0 Å². The molecule has 2 aromatic carbocycles. The van der Waals surface area contributed by atoms with E-state index in [1.54, 1.807) is 24.3 Å². The summed E-state index contributed by atoms with van der Waals surface area (Å²) in [6, 6.07) is 16.1. The molecule has 0 aromatic heterocycles. The number of nitriles is 1. The Morgan fingerprint density at radius 1 is 1.07 bits per heavy atom. The van der Waals surface area contributed by atoms with Gasteiger partial charge in [0.25, 0.3) is 5.91 Å². The fourth-order valence-corrected chi connectivity index (χ4v) is 2.07. The molecular formula is C21H23N3O3. The van der Waals surface area contributed by atoms with Crippen molar-refractivity contribution < 1.29 is 14.3 Å². The minimum absolute atomic E-state index is 0.162. The minimum atomic E-state index is -0.365. The van der Waals surface area contributed by atoms with Crippen LogP contribution < -0.4 is 14.9 Å². The summed E-state index contributed by atoms with van der Waals surface area (Å²) in [5.74, 6) is 1.42. The van der Waals surface area contributed by atoms with Gasteiger partial charge in [-0.1, -0.05) is 13.8 Å². The lowest BCUT2D eigenvalue weighted by Crippen LogP contribution is -2.25. The molecule has 0 bridgehead atoms. The fraction of sp³-hybridized carbons (Fsp3) is 0.286. The maximum atomic E-state index is 11.9. The Labute approximate surface area is 159 Å². The summed E-state index contributed by atoms with van der Waals surface area (Å²) in [5, 5.41) is 12.8. The summed E-state index contributed by atoms with van der Waals surface area (Å²) in [4.78, 5) is 11.9. The quantitative estimate of drug-likeness (QED) is 0.573. The second-order valence-electron chi connectivity index (χ2n) is 6.39. The Morgan fingerprint density at radius 2 is 1.67 bits per heavy atom. The summed E-state index contributed by atoms with van der Waals surface area (Å²) < 4.78 is 11.0. The van der Waals surface area contributed by atoms with Crippen LogP contribution in [0.15, 0.2) is 53.6 Å². The zero-order valence-corrected chi connectivity index (χ0v) is 15.7. The largest absolute Gasteiger partial charge is 0.493 e. The molecule has 0 unspecified atom stereocenters. The summed E-state index contributed by atoms with van der Waals surface area (Å²) >= 11 is 0. The van der Waals surface area contributed by atoms with Gasteiger partial charge in [-0.15, -0.1) is 0 Å². The summed E-state index contributed by atoms with van der Waals surface area (Å²) in [7, 11) is 0. The molecule has 0 saturated carbocycles. The molecule has 6 heteroatoms. The molecule has 1 amide bonds. The second-order valence-corrected chi connectivity index (χ2v) is 6.39. The average molecular weight is 365 g/mol. The van der Waals surface area contributed by atoms with Crippen molar-refractivity contribution in [2.75, 3.05) is 13.2 Å². The highest BCUT2D eigenvalue weighted by Crippen LogP contribution is 2.14. The van der Waals surface area contributed by atoms with Gasteiger partial charge in [0.1, 0.15) is 11.5 Å². The third kappa shape index (κ3) is 6.83. The van der Waals surface area contributed by atoms with Crippen molar-refractivity contribution in [2.45, 2.75) is 20.8 Å². The Kier molecular flexibility index (Phi) is 7.38. The van der Waals surface area contributed by atoms with Gasteiger partial charge in [0.05, 0.1) is 24.0 Å². The number of ether oxygens (including phenoxy) is 2. The van der Waals surface area contributed by atoms with E-state index in [-0.39, 0.29) is 12.5 Å². The number of hydrogen-bond acceptors (Lipinski definition) is 5. The monoisotopic (exact) mass is 365 g/mol. The molecule has 6 nitrogen and oxygen atoms in total. The number of amides is 1. The number of nitrogens with one attached hydrogen (secondary N) is 1. The highest BCUT2D eigenvalue weighted by Gasteiger charge is 2.04. The maximum Gasteiger partial charge on any atom is 0.277 e. The molecule has 0 saturated heterocycles. The zero-order chi connectivity index (χ0) is 19.6. The van der Waals surface area contributed by atoms with Crippen LogP contribution in [0.5, 0.6) is 11.5 Å². The topological polar surface area (TPSA) is 83.7 Å². The van der Waals surface area contributed by atoms with E-state index in [4.69, 9.17) is 14.7 Å².